The molecular weight excluding hydrogens is 304 g/mol. The summed E-state index contributed by atoms with van der Waals surface area (Å²) < 4.78 is 0. The zero-order chi connectivity index (χ0) is 15.4. The average molecular weight is 324 g/mol. The first-order chi connectivity index (χ1) is 9.97. The van der Waals surface area contributed by atoms with Crippen molar-refractivity contribution in [3.63, 3.8) is 0 Å². The molecule has 6 heteroatoms. The van der Waals surface area contributed by atoms with E-state index in [-0.39, 0.29) is 17.9 Å². The number of aliphatic hydroxyl groups is 1. The van der Waals surface area contributed by atoms with Crippen LogP contribution in [0, 0.1) is 12.8 Å². The number of carbonyl (C=O) groups is 1. The third-order valence-corrected chi connectivity index (χ3v) is 5.28. The van der Waals surface area contributed by atoms with Crippen LogP contribution in [0.3, 0.4) is 0 Å². The summed E-state index contributed by atoms with van der Waals surface area (Å²) >= 11 is 3.05. The molecule has 2 rings (SSSR count). The number of hydrogen-bond acceptors (Lipinski definition) is 5. The summed E-state index contributed by atoms with van der Waals surface area (Å²) in [4.78, 5) is 18.5. The number of thiazole rings is 1. The Bertz CT molecular complexity index is 591. The Labute approximate surface area is 132 Å². The fraction of sp³-hybridized carbons (Fsp3) is 0.467. The highest BCUT2D eigenvalue weighted by Crippen LogP contribution is 2.30. The van der Waals surface area contributed by atoms with E-state index in [0.29, 0.717) is 17.8 Å². The van der Waals surface area contributed by atoms with Gasteiger partial charge in [0.05, 0.1) is 16.7 Å². The van der Waals surface area contributed by atoms with Crippen LogP contribution >= 0.6 is 22.7 Å². The quantitative estimate of drug-likeness (QED) is 0.857. The molecule has 2 N–H and O–H groups in total. The summed E-state index contributed by atoms with van der Waals surface area (Å²) in [5.41, 5.74) is 0.768. The van der Waals surface area contributed by atoms with E-state index >= 15 is 0 Å². The van der Waals surface area contributed by atoms with Crippen LogP contribution in [0.4, 0.5) is 0 Å². The van der Waals surface area contributed by atoms with Crippen LogP contribution in [0.25, 0.3) is 9.88 Å². The summed E-state index contributed by atoms with van der Waals surface area (Å²) in [6.07, 6.45) is 0.343. The van der Waals surface area contributed by atoms with E-state index in [1.165, 1.54) is 11.3 Å². The molecule has 2 aromatic heterocycles. The number of carbonyl (C=O) groups excluding carboxylic acids is 1. The van der Waals surface area contributed by atoms with Crippen molar-refractivity contribution in [2.45, 2.75) is 33.3 Å². The molecule has 0 aliphatic rings. The van der Waals surface area contributed by atoms with Gasteiger partial charge in [0.1, 0.15) is 9.88 Å². The van der Waals surface area contributed by atoms with Gasteiger partial charge in [-0.3, -0.25) is 4.79 Å². The molecular formula is C15H20N2O2S2. The predicted molar refractivity (Wildman–Crippen MR) is 88.0 cm³/mol. The Balaban J connectivity index is 2.00. The summed E-state index contributed by atoms with van der Waals surface area (Å²) in [6.45, 7) is 6.21. The fourth-order valence-electron chi connectivity index (χ4n) is 2.13. The van der Waals surface area contributed by atoms with Crippen molar-refractivity contribution in [1.29, 1.82) is 0 Å². The third-order valence-electron chi connectivity index (χ3n) is 3.09. The molecule has 114 valence electrons. The minimum Gasteiger partial charge on any atom is -0.393 e. The van der Waals surface area contributed by atoms with Gasteiger partial charge in [-0.2, -0.15) is 0 Å². The molecule has 0 bridgehead atoms. The Morgan fingerprint density at radius 3 is 2.86 bits per heavy atom. The lowest BCUT2D eigenvalue weighted by Crippen LogP contribution is -2.29. The molecule has 21 heavy (non-hydrogen) atoms. The number of aliphatic hydroxyl groups excluding tert-OH is 1. The van der Waals surface area contributed by atoms with Gasteiger partial charge in [-0.1, -0.05) is 13.0 Å². The lowest BCUT2D eigenvalue weighted by molar-refractivity contribution is 0.0942. The van der Waals surface area contributed by atoms with Crippen molar-refractivity contribution < 1.29 is 9.90 Å². The van der Waals surface area contributed by atoms with E-state index in [9.17, 15) is 9.90 Å². The number of thiophene rings is 1. The molecule has 0 aromatic carbocycles. The maximum Gasteiger partial charge on any atom is 0.263 e. The molecule has 0 aliphatic heterocycles. The molecule has 2 unspecified atom stereocenters. The molecule has 0 spiro atoms. The van der Waals surface area contributed by atoms with Crippen LogP contribution in [0.1, 0.15) is 35.6 Å². The van der Waals surface area contributed by atoms with Crippen LogP contribution in [-0.2, 0) is 0 Å². The first-order valence-electron chi connectivity index (χ1n) is 6.95. The molecule has 0 aliphatic carbocycles. The highest BCUT2D eigenvalue weighted by atomic mass is 32.1. The summed E-state index contributed by atoms with van der Waals surface area (Å²) in [5, 5.41) is 15.2. The number of aryl methyl sites for hydroxylation is 1. The minimum atomic E-state index is -0.340. The van der Waals surface area contributed by atoms with Gasteiger partial charge in [-0.25, -0.2) is 4.98 Å². The van der Waals surface area contributed by atoms with Gasteiger partial charge >= 0.3 is 0 Å². The number of amides is 1. The first kappa shape index (κ1) is 16.1. The Hall–Kier alpha value is -1.24. The SMILES string of the molecule is Cc1nc(-c2cccs2)sc1C(=O)NCC(C)CC(C)O. The Morgan fingerprint density at radius 2 is 2.24 bits per heavy atom. The number of rotatable bonds is 6. The number of nitrogens with one attached hydrogen (secondary N) is 1. The molecule has 2 atom stereocenters. The van der Waals surface area contributed by atoms with E-state index in [4.69, 9.17) is 0 Å². The van der Waals surface area contributed by atoms with E-state index in [0.717, 1.165) is 15.6 Å². The maximum atomic E-state index is 12.2. The topological polar surface area (TPSA) is 62.2 Å². The summed E-state index contributed by atoms with van der Waals surface area (Å²) in [5.74, 6) is 0.171. The van der Waals surface area contributed by atoms with Crippen molar-refractivity contribution >= 4 is 28.6 Å². The van der Waals surface area contributed by atoms with E-state index < -0.39 is 0 Å². The Kier molecular flexibility index (Phi) is 5.50. The van der Waals surface area contributed by atoms with Crippen LogP contribution in [0.2, 0.25) is 0 Å². The summed E-state index contributed by atoms with van der Waals surface area (Å²) in [7, 11) is 0. The van der Waals surface area contributed by atoms with Gasteiger partial charge in [0.2, 0.25) is 0 Å². The third kappa shape index (κ3) is 4.36. The standard InChI is InChI=1S/C15H20N2O2S2/c1-9(7-10(2)18)8-16-14(19)13-11(3)17-15(21-13)12-5-4-6-20-12/h4-6,9-10,18H,7-8H2,1-3H3,(H,16,19). The second kappa shape index (κ2) is 7.15. The maximum absolute atomic E-state index is 12.2. The van der Waals surface area contributed by atoms with Gasteiger partial charge < -0.3 is 10.4 Å². The second-order valence-electron chi connectivity index (χ2n) is 5.31. The molecule has 2 aromatic rings. The van der Waals surface area contributed by atoms with E-state index in [2.05, 4.69) is 10.3 Å². The first-order valence-corrected chi connectivity index (χ1v) is 8.64. The average Bonchev–Trinajstić information content (AvgIpc) is 3.04. The van der Waals surface area contributed by atoms with E-state index in [1.54, 1.807) is 18.3 Å². The lowest BCUT2D eigenvalue weighted by Gasteiger charge is -2.13. The normalized spacial score (nSPS) is 13.9. The van der Waals surface area contributed by atoms with Gasteiger partial charge in [0.15, 0.2) is 0 Å². The lowest BCUT2D eigenvalue weighted by atomic mass is 10.0. The van der Waals surface area contributed by atoms with Gasteiger partial charge in [0, 0.05) is 6.54 Å². The van der Waals surface area contributed by atoms with Crippen LogP contribution in [0.15, 0.2) is 17.5 Å². The molecule has 1 amide bonds. The number of nitrogens with zero attached hydrogens (tertiary/aromatic N) is 1. The van der Waals surface area contributed by atoms with Gasteiger partial charge in [0.25, 0.3) is 5.91 Å². The van der Waals surface area contributed by atoms with Crippen LogP contribution in [-0.4, -0.2) is 28.6 Å². The highest BCUT2D eigenvalue weighted by Gasteiger charge is 2.17. The van der Waals surface area contributed by atoms with E-state index in [1.807, 2.05) is 31.4 Å². The highest BCUT2D eigenvalue weighted by molar-refractivity contribution is 7.22. The molecule has 0 fully saturated rings. The molecule has 2 heterocycles. The molecule has 0 radical (unpaired) electrons. The predicted octanol–water partition coefficient (Wildman–Crippen LogP) is 3.32. The molecule has 0 saturated carbocycles. The monoisotopic (exact) mass is 324 g/mol. The zero-order valence-electron chi connectivity index (χ0n) is 12.4. The zero-order valence-corrected chi connectivity index (χ0v) is 14.1. The largest absolute Gasteiger partial charge is 0.393 e. The van der Waals surface area contributed by atoms with Crippen molar-refractivity contribution in [3.8, 4) is 9.88 Å². The van der Waals surface area contributed by atoms with Gasteiger partial charge in [-0.15, -0.1) is 22.7 Å². The minimum absolute atomic E-state index is 0.0785. The van der Waals surface area contributed by atoms with Crippen molar-refractivity contribution in [1.82, 2.24) is 10.3 Å². The summed E-state index contributed by atoms with van der Waals surface area (Å²) in [6, 6.07) is 3.99. The smallest absolute Gasteiger partial charge is 0.263 e. The molecule has 4 nitrogen and oxygen atoms in total. The van der Waals surface area contributed by atoms with Crippen molar-refractivity contribution in [3.05, 3.63) is 28.1 Å². The van der Waals surface area contributed by atoms with Gasteiger partial charge in [-0.05, 0) is 37.6 Å². The van der Waals surface area contributed by atoms with Crippen molar-refractivity contribution in [2.24, 2.45) is 5.92 Å². The Morgan fingerprint density at radius 1 is 1.48 bits per heavy atom. The number of aromatic nitrogens is 1. The second-order valence-corrected chi connectivity index (χ2v) is 7.26. The van der Waals surface area contributed by atoms with Crippen LogP contribution < -0.4 is 5.32 Å². The van der Waals surface area contributed by atoms with Crippen LogP contribution in [0.5, 0.6) is 0 Å². The number of hydrogen-bond donors (Lipinski definition) is 2. The van der Waals surface area contributed by atoms with Crippen molar-refractivity contribution in [2.75, 3.05) is 6.54 Å². The fourth-order valence-corrected chi connectivity index (χ4v) is 3.91. The molecule has 0 saturated heterocycles.